The Bertz CT molecular complexity index is 699. The first-order valence-corrected chi connectivity index (χ1v) is 6.88. The fourth-order valence-corrected chi connectivity index (χ4v) is 1.84. The maximum absolute atomic E-state index is 10.7. The van der Waals surface area contributed by atoms with Crippen LogP contribution in [0.2, 0.25) is 0 Å². The summed E-state index contributed by atoms with van der Waals surface area (Å²) in [5.74, 6) is 0. The Labute approximate surface area is 133 Å². The van der Waals surface area contributed by atoms with Gasteiger partial charge in [-0.15, -0.1) is 0 Å². The topological polar surface area (TPSA) is 79.6 Å². The number of nitrogens with one attached hydrogen (secondary N) is 2. The molecule has 2 aromatic rings. The molecule has 0 aliphatic carbocycles. The van der Waals surface area contributed by atoms with Crippen LogP contribution in [0.25, 0.3) is 0 Å². The van der Waals surface area contributed by atoms with Crippen molar-refractivity contribution in [1.82, 2.24) is 10.7 Å². The van der Waals surface area contributed by atoms with Gasteiger partial charge in [-0.25, -0.2) is 0 Å². The highest BCUT2D eigenvalue weighted by atomic mass is 32.1. The van der Waals surface area contributed by atoms with Crippen LogP contribution in [-0.4, -0.2) is 22.8 Å². The van der Waals surface area contributed by atoms with E-state index in [9.17, 15) is 10.1 Å². The summed E-state index contributed by atoms with van der Waals surface area (Å²) in [5, 5.41) is 18.2. The standard InChI is InChI=1S/C15H14N4O2S/c1-16-15(22)18-17-14(11-5-3-2-4-6-11)12-7-9-13(10-8-12)19(20)21/h2-10H,1H3,(H2,16,18,22)/b17-14+. The van der Waals surface area contributed by atoms with Crippen molar-refractivity contribution >= 4 is 28.7 Å². The smallest absolute Gasteiger partial charge is 0.269 e. The first kappa shape index (κ1) is 15.6. The minimum absolute atomic E-state index is 0.0369. The number of benzene rings is 2. The van der Waals surface area contributed by atoms with E-state index < -0.39 is 4.92 Å². The van der Waals surface area contributed by atoms with E-state index in [0.29, 0.717) is 10.8 Å². The largest absolute Gasteiger partial charge is 0.364 e. The molecule has 2 rings (SSSR count). The lowest BCUT2D eigenvalue weighted by atomic mass is 10.0. The Morgan fingerprint density at radius 1 is 1.09 bits per heavy atom. The van der Waals surface area contributed by atoms with Crippen LogP contribution in [0.15, 0.2) is 59.7 Å². The summed E-state index contributed by atoms with van der Waals surface area (Å²) in [4.78, 5) is 10.3. The quantitative estimate of drug-likeness (QED) is 0.392. The molecule has 0 spiro atoms. The summed E-state index contributed by atoms with van der Waals surface area (Å²) in [6.07, 6.45) is 0. The predicted molar refractivity (Wildman–Crippen MR) is 90.0 cm³/mol. The number of thiocarbonyl (C=S) groups is 1. The number of nitro groups is 1. The molecule has 6 nitrogen and oxygen atoms in total. The maximum Gasteiger partial charge on any atom is 0.269 e. The zero-order chi connectivity index (χ0) is 15.9. The van der Waals surface area contributed by atoms with Gasteiger partial charge < -0.3 is 5.32 Å². The number of nitro benzene ring substituents is 1. The predicted octanol–water partition coefficient (Wildman–Crippen LogP) is 2.44. The van der Waals surface area contributed by atoms with E-state index in [-0.39, 0.29) is 5.69 Å². The van der Waals surface area contributed by atoms with Crippen LogP contribution >= 0.6 is 12.2 Å². The van der Waals surface area contributed by atoms with E-state index in [2.05, 4.69) is 15.8 Å². The lowest BCUT2D eigenvalue weighted by molar-refractivity contribution is -0.384. The second kappa shape index (κ2) is 7.28. The molecule has 0 fully saturated rings. The van der Waals surface area contributed by atoms with Gasteiger partial charge in [-0.1, -0.05) is 30.3 Å². The lowest BCUT2D eigenvalue weighted by Gasteiger charge is -2.08. The third kappa shape index (κ3) is 3.86. The van der Waals surface area contributed by atoms with Gasteiger partial charge in [0.05, 0.1) is 10.6 Å². The van der Waals surface area contributed by atoms with Gasteiger partial charge in [0.2, 0.25) is 0 Å². The molecule has 0 aliphatic heterocycles. The highest BCUT2D eigenvalue weighted by molar-refractivity contribution is 7.80. The molecule has 7 heteroatoms. The lowest BCUT2D eigenvalue weighted by Crippen LogP contribution is -2.29. The summed E-state index contributed by atoms with van der Waals surface area (Å²) in [7, 11) is 1.69. The highest BCUT2D eigenvalue weighted by Gasteiger charge is 2.10. The molecule has 0 saturated carbocycles. The van der Waals surface area contributed by atoms with E-state index in [1.807, 2.05) is 30.3 Å². The van der Waals surface area contributed by atoms with Crippen LogP contribution in [0.5, 0.6) is 0 Å². The van der Waals surface area contributed by atoms with Gasteiger partial charge in [0.1, 0.15) is 0 Å². The third-order valence-electron chi connectivity index (χ3n) is 2.90. The van der Waals surface area contributed by atoms with Gasteiger partial charge in [-0.3, -0.25) is 15.5 Å². The Morgan fingerprint density at radius 2 is 1.68 bits per heavy atom. The molecule has 0 unspecified atom stereocenters. The van der Waals surface area contributed by atoms with Crippen molar-refractivity contribution in [3.8, 4) is 0 Å². The Kier molecular flexibility index (Phi) is 5.16. The van der Waals surface area contributed by atoms with Gasteiger partial charge in [0.25, 0.3) is 5.69 Å². The first-order chi connectivity index (χ1) is 10.6. The van der Waals surface area contributed by atoms with Crippen molar-refractivity contribution < 1.29 is 4.92 Å². The van der Waals surface area contributed by atoms with Gasteiger partial charge >= 0.3 is 0 Å². The average Bonchev–Trinajstić information content (AvgIpc) is 2.56. The number of hydrogen-bond donors (Lipinski definition) is 2. The van der Waals surface area contributed by atoms with E-state index in [4.69, 9.17) is 12.2 Å². The average molecular weight is 314 g/mol. The van der Waals surface area contributed by atoms with E-state index in [0.717, 1.165) is 11.1 Å². The maximum atomic E-state index is 10.7. The zero-order valence-electron chi connectivity index (χ0n) is 11.8. The monoisotopic (exact) mass is 314 g/mol. The molecule has 112 valence electrons. The molecular weight excluding hydrogens is 300 g/mol. The van der Waals surface area contributed by atoms with Crippen LogP contribution in [0, 0.1) is 10.1 Å². The van der Waals surface area contributed by atoms with Crippen LogP contribution < -0.4 is 10.7 Å². The van der Waals surface area contributed by atoms with Crippen LogP contribution in [-0.2, 0) is 0 Å². The summed E-state index contributed by atoms with van der Waals surface area (Å²) in [5.41, 5.74) is 5.05. The number of nitrogens with zero attached hydrogens (tertiary/aromatic N) is 2. The normalized spacial score (nSPS) is 10.9. The summed E-state index contributed by atoms with van der Waals surface area (Å²) >= 11 is 5.01. The summed E-state index contributed by atoms with van der Waals surface area (Å²) < 4.78 is 0. The minimum Gasteiger partial charge on any atom is -0.364 e. The van der Waals surface area contributed by atoms with Crippen LogP contribution in [0.4, 0.5) is 5.69 Å². The molecule has 2 aromatic carbocycles. The molecule has 0 aromatic heterocycles. The van der Waals surface area contributed by atoms with Crippen molar-refractivity contribution in [3.05, 3.63) is 75.8 Å². The van der Waals surface area contributed by atoms with Crippen LogP contribution in [0.1, 0.15) is 11.1 Å². The molecule has 2 N–H and O–H groups in total. The molecule has 0 saturated heterocycles. The fourth-order valence-electron chi connectivity index (χ4n) is 1.80. The van der Waals surface area contributed by atoms with Gasteiger partial charge in [0, 0.05) is 30.3 Å². The second-order valence-electron chi connectivity index (χ2n) is 4.32. The molecular formula is C15H14N4O2S. The van der Waals surface area contributed by atoms with Crippen molar-refractivity contribution in [2.45, 2.75) is 0 Å². The molecule has 0 heterocycles. The Balaban J connectivity index is 2.40. The minimum atomic E-state index is -0.433. The molecule has 0 atom stereocenters. The fraction of sp³-hybridized carbons (Fsp3) is 0.0667. The van der Waals surface area contributed by atoms with Gasteiger partial charge in [0.15, 0.2) is 5.11 Å². The van der Waals surface area contributed by atoms with Gasteiger partial charge in [-0.05, 0) is 24.4 Å². The second-order valence-corrected chi connectivity index (χ2v) is 4.73. The van der Waals surface area contributed by atoms with Gasteiger partial charge in [-0.2, -0.15) is 5.10 Å². The Hall–Kier alpha value is -2.80. The van der Waals surface area contributed by atoms with Crippen LogP contribution in [0.3, 0.4) is 0 Å². The third-order valence-corrected chi connectivity index (χ3v) is 3.19. The van der Waals surface area contributed by atoms with Crippen molar-refractivity contribution in [1.29, 1.82) is 0 Å². The molecule has 0 aliphatic rings. The summed E-state index contributed by atoms with van der Waals surface area (Å²) in [6.45, 7) is 0. The SMILES string of the molecule is CNC(=S)N/N=C(\c1ccccc1)c1ccc([N+](=O)[O-])cc1. The summed E-state index contributed by atoms with van der Waals surface area (Å²) in [6, 6.07) is 15.7. The van der Waals surface area contributed by atoms with E-state index >= 15 is 0 Å². The number of non-ortho nitro benzene ring substituents is 1. The molecule has 22 heavy (non-hydrogen) atoms. The van der Waals surface area contributed by atoms with Crippen molar-refractivity contribution in [3.63, 3.8) is 0 Å². The number of hydrogen-bond acceptors (Lipinski definition) is 4. The number of hydrazone groups is 1. The molecule has 0 amide bonds. The highest BCUT2D eigenvalue weighted by Crippen LogP contribution is 2.16. The van der Waals surface area contributed by atoms with Crippen molar-refractivity contribution in [2.75, 3.05) is 7.05 Å². The first-order valence-electron chi connectivity index (χ1n) is 6.47. The van der Waals surface area contributed by atoms with E-state index in [1.165, 1.54) is 12.1 Å². The molecule has 0 bridgehead atoms. The zero-order valence-corrected chi connectivity index (χ0v) is 12.6. The van der Waals surface area contributed by atoms with Crippen molar-refractivity contribution in [2.24, 2.45) is 5.10 Å². The van der Waals surface area contributed by atoms with E-state index in [1.54, 1.807) is 19.2 Å². The Morgan fingerprint density at radius 3 is 2.23 bits per heavy atom. The number of rotatable bonds is 4. The molecule has 0 radical (unpaired) electrons.